The average molecular weight is 343 g/mol. The third kappa shape index (κ3) is 2.58. The zero-order valence-corrected chi connectivity index (χ0v) is 13.7. The van der Waals surface area contributed by atoms with Gasteiger partial charge in [-0.2, -0.15) is 4.98 Å². The molecule has 2 fully saturated rings. The molecule has 1 aliphatic carbocycles. The number of nitrogens with zero attached hydrogens (tertiary/aromatic N) is 3. The van der Waals surface area contributed by atoms with E-state index in [2.05, 4.69) is 10.1 Å². The minimum absolute atomic E-state index is 0.0862. The molecule has 1 saturated carbocycles. The number of aromatic nitrogens is 2. The number of amides is 1. The lowest BCUT2D eigenvalue weighted by Crippen LogP contribution is -2.41. The summed E-state index contributed by atoms with van der Waals surface area (Å²) in [5.74, 6) is 1.87. The first-order valence-electron chi connectivity index (χ1n) is 8.78. The minimum Gasteiger partial charge on any atom is -0.480 e. The summed E-state index contributed by atoms with van der Waals surface area (Å²) in [5, 5.41) is 4.10. The van der Waals surface area contributed by atoms with Crippen LogP contribution in [0.5, 0.6) is 5.75 Å². The maximum atomic E-state index is 13.4. The summed E-state index contributed by atoms with van der Waals surface area (Å²) in [4.78, 5) is 19.2. The van der Waals surface area contributed by atoms with Crippen molar-refractivity contribution in [2.24, 2.45) is 0 Å². The molecule has 1 saturated heterocycles. The molecule has 0 radical (unpaired) electrons. The number of fused-ring (bicyclic) bond motifs is 1. The molecule has 25 heavy (non-hydrogen) atoms. The fraction of sp³-hybridized carbons (Fsp3) is 0.500. The van der Waals surface area contributed by atoms with Crippen LogP contribution in [0.2, 0.25) is 0 Å². The number of carbonyl (C=O) groups excluding carboxylic acids is 1. The number of carbonyl (C=O) groups is 1. The molecule has 3 aliphatic rings. The maximum absolute atomic E-state index is 13.4. The molecule has 0 bridgehead atoms. The first-order valence-corrected chi connectivity index (χ1v) is 8.78. The van der Waals surface area contributed by atoms with Crippen LogP contribution in [-0.2, 0) is 11.2 Å². The van der Waals surface area contributed by atoms with Crippen LogP contribution in [0, 0.1) is 5.82 Å². The summed E-state index contributed by atoms with van der Waals surface area (Å²) in [6.07, 6.45) is 3.71. The second-order valence-electron chi connectivity index (χ2n) is 7.02. The molecule has 2 aromatic rings. The summed E-state index contributed by atoms with van der Waals surface area (Å²) in [7, 11) is 0. The molecule has 1 amide bonds. The standard InChI is InChI=1S/C18H18FN3O3/c19-12-5-6-14-11(8-12)9-15(24-14)18(23)22-7-1-2-13(22)16-20-17(25-21-16)10-3-4-10/h5-6,8,10,13,15H,1-4,7,9H2/t13-,15+/m1/s1. The van der Waals surface area contributed by atoms with E-state index in [1.807, 2.05) is 0 Å². The van der Waals surface area contributed by atoms with E-state index in [0.29, 0.717) is 36.3 Å². The lowest BCUT2D eigenvalue weighted by Gasteiger charge is -2.25. The molecule has 2 atom stereocenters. The van der Waals surface area contributed by atoms with Crippen LogP contribution < -0.4 is 4.74 Å². The Balaban J connectivity index is 1.34. The highest BCUT2D eigenvalue weighted by molar-refractivity contribution is 5.83. The van der Waals surface area contributed by atoms with Gasteiger partial charge in [-0.1, -0.05) is 5.16 Å². The van der Waals surface area contributed by atoms with Crippen LogP contribution in [0.1, 0.15) is 54.9 Å². The first kappa shape index (κ1) is 14.9. The fourth-order valence-corrected chi connectivity index (χ4v) is 3.72. The van der Waals surface area contributed by atoms with Gasteiger partial charge in [0.2, 0.25) is 5.89 Å². The van der Waals surface area contributed by atoms with E-state index in [-0.39, 0.29) is 17.8 Å². The van der Waals surface area contributed by atoms with E-state index in [1.165, 1.54) is 12.1 Å². The number of likely N-dealkylation sites (tertiary alicyclic amines) is 1. The Bertz CT molecular complexity index is 833. The van der Waals surface area contributed by atoms with E-state index in [4.69, 9.17) is 9.26 Å². The Kier molecular flexibility index (Phi) is 3.29. The van der Waals surface area contributed by atoms with E-state index in [1.54, 1.807) is 11.0 Å². The molecule has 7 heteroatoms. The lowest BCUT2D eigenvalue weighted by atomic mass is 10.1. The predicted octanol–water partition coefficient (Wildman–Crippen LogP) is 2.75. The molecular weight excluding hydrogens is 325 g/mol. The molecule has 5 rings (SSSR count). The third-order valence-corrected chi connectivity index (χ3v) is 5.19. The SMILES string of the molecule is O=C([C@@H]1Cc2cc(F)ccc2O1)N1CCC[C@@H]1c1noc(C2CC2)n1. The van der Waals surface area contributed by atoms with E-state index < -0.39 is 6.10 Å². The van der Waals surface area contributed by atoms with Gasteiger partial charge < -0.3 is 14.2 Å². The topological polar surface area (TPSA) is 68.5 Å². The van der Waals surface area contributed by atoms with Gasteiger partial charge in [0.05, 0.1) is 6.04 Å². The molecule has 0 unspecified atom stereocenters. The number of hydrogen-bond donors (Lipinski definition) is 0. The Hall–Kier alpha value is -2.44. The molecule has 6 nitrogen and oxygen atoms in total. The number of ether oxygens (including phenoxy) is 1. The molecule has 0 N–H and O–H groups in total. The number of rotatable bonds is 3. The third-order valence-electron chi connectivity index (χ3n) is 5.19. The van der Waals surface area contributed by atoms with Crippen LogP contribution >= 0.6 is 0 Å². The molecule has 0 spiro atoms. The molecule has 3 heterocycles. The van der Waals surface area contributed by atoms with Gasteiger partial charge in [-0.05, 0) is 43.9 Å². The summed E-state index contributed by atoms with van der Waals surface area (Å²) in [6.45, 7) is 0.654. The summed E-state index contributed by atoms with van der Waals surface area (Å²) >= 11 is 0. The van der Waals surface area contributed by atoms with Crippen molar-refractivity contribution < 1.29 is 18.4 Å². The average Bonchev–Trinajstić information content (AvgIpc) is 3.04. The maximum Gasteiger partial charge on any atom is 0.264 e. The minimum atomic E-state index is -0.604. The van der Waals surface area contributed by atoms with Crippen LogP contribution in [0.3, 0.4) is 0 Å². The second kappa shape index (κ2) is 5.54. The normalized spacial score (nSPS) is 25.1. The summed E-state index contributed by atoms with van der Waals surface area (Å²) in [6, 6.07) is 4.21. The van der Waals surface area contributed by atoms with Gasteiger partial charge in [-0.25, -0.2) is 4.39 Å². The molecule has 1 aromatic heterocycles. The van der Waals surface area contributed by atoms with E-state index in [0.717, 1.165) is 31.2 Å². The van der Waals surface area contributed by atoms with Crippen LogP contribution in [-0.4, -0.2) is 33.6 Å². The summed E-state index contributed by atoms with van der Waals surface area (Å²) < 4.78 is 24.5. The molecule has 2 aliphatic heterocycles. The van der Waals surface area contributed by atoms with Gasteiger partial charge in [0.15, 0.2) is 11.9 Å². The predicted molar refractivity (Wildman–Crippen MR) is 84.5 cm³/mol. The zero-order valence-electron chi connectivity index (χ0n) is 13.7. The Morgan fingerprint density at radius 2 is 2.16 bits per heavy atom. The Labute approximate surface area is 144 Å². The monoisotopic (exact) mass is 343 g/mol. The van der Waals surface area contributed by atoms with E-state index >= 15 is 0 Å². The quantitative estimate of drug-likeness (QED) is 0.857. The van der Waals surface area contributed by atoms with Crippen molar-refractivity contribution in [3.63, 3.8) is 0 Å². The van der Waals surface area contributed by atoms with Crippen LogP contribution in [0.4, 0.5) is 4.39 Å². The highest BCUT2D eigenvalue weighted by Gasteiger charge is 2.40. The summed E-state index contributed by atoms with van der Waals surface area (Å²) in [5.41, 5.74) is 0.740. The molecular formula is C18H18FN3O3. The first-order chi connectivity index (χ1) is 12.2. The van der Waals surface area contributed by atoms with Crippen molar-refractivity contribution in [3.8, 4) is 5.75 Å². The van der Waals surface area contributed by atoms with Gasteiger partial charge in [0.1, 0.15) is 11.6 Å². The van der Waals surface area contributed by atoms with Crippen molar-refractivity contribution in [3.05, 3.63) is 41.3 Å². The van der Waals surface area contributed by atoms with Crippen molar-refractivity contribution >= 4 is 5.91 Å². The van der Waals surface area contributed by atoms with Crippen LogP contribution in [0.25, 0.3) is 0 Å². The number of benzene rings is 1. The van der Waals surface area contributed by atoms with Gasteiger partial charge >= 0.3 is 0 Å². The Morgan fingerprint density at radius 1 is 1.28 bits per heavy atom. The van der Waals surface area contributed by atoms with Crippen molar-refractivity contribution in [1.29, 1.82) is 0 Å². The lowest BCUT2D eigenvalue weighted by molar-refractivity contribution is -0.139. The van der Waals surface area contributed by atoms with Gasteiger partial charge in [-0.3, -0.25) is 4.79 Å². The highest BCUT2D eigenvalue weighted by atomic mass is 19.1. The molecule has 130 valence electrons. The second-order valence-corrected chi connectivity index (χ2v) is 7.02. The highest BCUT2D eigenvalue weighted by Crippen LogP contribution is 2.40. The van der Waals surface area contributed by atoms with Crippen molar-refractivity contribution in [2.75, 3.05) is 6.54 Å². The molecule has 1 aromatic carbocycles. The zero-order chi connectivity index (χ0) is 17.0. The van der Waals surface area contributed by atoms with Crippen molar-refractivity contribution in [2.45, 2.75) is 50.2 Å². The van der Waals surface area contributed by atoms with Gasteiger partial charge in [0, 0.05) is 24.4 Å². The smallest absolute Gasteiger partial charge is 0.264 e. The van der Waals surface area contributed by atoms with E-state index in [9.17, 15) is 9.18 Å². The van der Waals surface area contributed by atoms with Crippen LogP contribution in [0.15, 0.2) is 22.7 Å². The fourth-order valence-electron chi connectivity index (χ4n) is 3.72. The number of hydrogen-bond acceptors (Lipinski definition) is 5. The van der Waals surface area contributed by atoms with Crippen molar-refractivity contribution in [1.82, 2.24) is 15.0 Å². The van der Waals surface area contributed by atoms with Gasteiger partial charge in [-0.15, -0.1) is 0 Å². The number of halogens is 1. The largest absolute Gasteiger partial charge is 0.480 e. The Morgan fingerprint density at radius 3 is 3.00 bits per heavy atom. The van der Waals surface area contributed by atoms with Gasteiger partial charge in [0.25, 0.3) is 5.91 Å².